The first-order valence-electron chi connectivity index (χ1n) is 10.6. The predicted octanol–water partition coefficient (Wildman–Crippen LogP) is 4.09. The Morgan fingerprint density at radius 2 is 1.86 bits per heavy atom. The number of amides is 1. The van der Waals surface area contributed by atoms with E-state index >= 15 is 0 Å². The lowest BCUT2D eigenvalue weighted by Crippen LogP contribution is -2.44. The summed E-state index contributed by atoms with van der Waals surface area (Å²) in [6, 6.07) is 12.2. The van der Waals surface area contributed by atoms with Crippen molar-refractivity contribution in [2.45, 2.75) is 12.3 Å². The van der Waals surface area contributed by atoms with Gasteiger partial charge < -0.3 is 14.8 Å². The zero-order valence-corrected chi connectivity index (χ0v) is 19.4. The summed E-state index contributed by atoms with van der Waals surface area (Å²) in [6.07, 6.45) is 1.30. The zero-order valence-electron chi connectivity index (χ0n) is 18.6. The number of pyridine rings is 1. The van der Waals surface area contributed by atoms with Crippen LogP contribution < -0.4 is 10.3 Å². The third-order valence-corrected chi connectivity index (χ3v) is 6.58. The summed E-state index contributed by atoms with van der Waals surface area (Å²) >= 11 is 6.36. The van der Waals surface area contributed by atoms with Crippen LogP contribution in [0.3, 0.4) is 0 Å². The quantitative estimate of drug-likeness (QED) is 0.308. The topological polar surface area (TPSA) is 126 Å². The van der Waals surface area contributed by atoms with Crippen molar-refractivity contribution >= 4 is 34.0 Å². The zero-order chi connectivity index (χ0) is 25.8. The number of ether oxygens (including phenoxy) is 1. The SMILES string of the molecule is COc1ccc(CN2C(=O)c3c(c([N+](=O)[O-])cc4c(=O)[nH]ccc34)C2(O)c2cc(F)ccc2Cl)cc1. The molecule has 1 atom stereocenters. The van der Waals surface area contributed by atoms with Crippen LogP contribution in [0.2, 0.25) is 5.02 Å². The number of H-pyrrole nitrogens is 1. The lowest BCUT2D eigenvalue weighted by molar-refractivity contribution is -0.386. The molecule has 0 saturated heterocycles. The Morgan fingerprint density at radius 3 is 2.53 bits per heavy atom. The first-order valence-corrected chi connectivity index (χ1v) is 11.0. The lowest BCUT2D eigenvalue weighted by atomic mass is 9.89. The number of methoxy groups -OCH3 is 1. The number of aromatic amines is 1. The summed E-state index contributed by atoms with van der Waals surface area (Å²) in [6.45, 7) is -0.220. The highest BCUT2D eigenvalue weighted by Gasteiger charge is 2.55. The highest BCUT2D eigenvalue weighted by atomic mass is 35.5. The number of rotatable bonds is 5. The monoisotopic (exact) mass is 509 g/mol. The molecule has 0 fully saturated rings. The van der Waals surface area contributed by atoms with Crippen LogP contribution >= 0.6 is 11.6 Å². The number of aliphatic hydroxyl groups is 1. The molecule has 2 heterocycles. The number of nitrogens with zero attached hydrogens (tertiary/aromatic N) is 2. The molecule has 2 N–H and O–H groups in total. The summed E-state index contributed by atoms with van der Waals surface area (Å²) < 4.78 is 19.5. The smallest absolute Gasteiger partial charge is 0.279 e. The fourth-order valence-corrected chi connectivity index (χ4v) is 4.85. The second-order valence-electron chi connectivity index (χ2n) is 8.21. The minimum atomic E-state index is -2.52. The standard InChI is InChI=1S/C25H17ClFN3O6/c1-36-15-5-2-13(3-6-15)12-29-24(32)21-16-8-9-28-23(31)17(16)11-20(30(34)35)22(21)25(29,33)18-10-14(27)4-7-19(18)26/h2-11,33H,12H2,1H3,(H,28,31). The number of carbonyl (C=O) groups is 1. The van der Waals surface area contributed by atoms with Crippen LogP contribution in [0.15, 0.2) is 65.6 Å². The number of hydrogen-bond donors (Lipinski definition) is 2. The Labute approximate surface area is 207 Å². The van der Waals surface area contributed by atoms with E-state index in [9.17, 15) is 29.2 Å². The van der Waals surface area contributed by atoms with Crippen LogP contribution in [0.5, 0.6) is 5.75 Å². The maximum Gasteiger partial charge on any atom is 0.279 e. The predicted molar refractivity (Wildman–Crippen MR) is 128 cm³/mol. The van der Waals surface area contributed by atoms with E-state index in [1.54, 1.807) is 24.3 Å². The highest BCUT2D eigenvalue weighted by molar-refractivity contribution is 6.31. The molecule has 0 saturated carbocycles. The number of nitro benzene ring substituents is 1. The Kier molecular flexibility index (Phi) is 5.50. The van der Waals surface area contributed by atoms with E-state index in [-0.39, 0.29) is 33.5 Å². The second kappa shape index (κ2) is 8.43. The Balaban J connectivity index is 1.86. The van der Waals surface area contributed by atoms with Crippen molar-refractivity contribution in [2.24, 2.45) is 0 Å². The molecule has 4 aromatic rings. The molecule has 0 aliphatic carbocycles. The molecule has 0 bridgehead atoms. The molecule has 1 amide bonds. The summed E-state index contributed by atoms with van der Waals surface area (Å²) in [5.41, 5.74) is -4.18. The van der Waals surface area contributed by atoms with E-state index in [0.717, 1.165) is 23.1 Å². The van der Waals surface area contributed by atoms with Crippen LogP contribution in [-0.4, -0.2) is 32.9 Å². The van der Waals surface area contributed by atoms with Crippen molar-refractivity contribution in [3.63, 3.8) is 0 Å². The van der Waals surface area contributed by atoms with Gasteiger partial charge in [0.15, 0.2) is 0 Å². The third-order valence-electron chi connectivity index (χ3n) is 6.25. The molecule has 5 rings (SSSR count). The van der Waals surface area contributed by atoms with Gasteiger partial charge in [0.25, 0.3) is 17.2 Å². The number of aromatic nitrogens is 1. The van der Waals surface area contributed by atoms with Gasteiger partial charge in [-0.2, -0.15) is 0 Å². The molecule has 0 radical (unpaired) electrons. The average molecular weight is 510 g/mol. The number of benzene rings is 3. The number of fused-ring (bicyclic) bond motifs is 3. The van der Waals surface area contributed by atoms with Crippen molar-refractivity contribution < 1.29 is 24.0 Å². The number of hydrogen-bond acceptors (Lipinski definition) is 6. The molecule has 0 spiro atoms. The molecular formula is C25H17ClFN3O6. The number of nitrogens with one attached hydrogen (secondary N) is 1. The minimum absolute atomic E-state index is 0.102. The Hall–Kier alpha value is -4.28. The first kappa shape index (κ1) is 23.5. The molecule has 1 aliphatic rings. The first-order chi connectivity index (χ1) is 17.2. The fraction of sp³-hybridized carbons (Fsp3) is 0.120. The van der Waals surface area contributed by atoms with E-state index in [1.165, 1.54) is 25.4 Å². The summed E-state index contributed by atoms with van der Waals surface area (Å²) in [7, 11) is 1.49. The van der Waals surface area contributed by atoms with E-state index < -0.39 is 39.2 Å². The molecule has 182 valence electrons. The van der Waals surface area contributed by atoms with Gasteiger partial charge in [-0.15, -0.1) is 0 Å². The summed E-state index contributed by atoms with van der Waals surface area (Å²) in [4.78, 5) is 41.1. The van der Waals surface area contributed by atoms with Crippen molar-refractivity contribution in [2.75, 3.05) is 7.11 Å². The summed E-state index contributed by atoms with van der Waals surface area (Å²) in [5.74, 6) is -1.00. The average Bonchev–Trinajstić information content (AvgIpc) is 3.08. The highest BCUT2D eigenvalue weighted by Crippen LogP contribution is 2.51. The third kappa shape index (κ3) is 3.42. The van der Waals surface area contributed by atoms with Gasteiger partial charge in [0.05, 0.1) is 23.0 Å². The molecule has 36 heavy (non-hydrogen) atoms. The molecule has 3 aromatic carbocycles. The fourth-order valence-electron chi connectivity index (χ4n) is 4.60. The van der Waals surface area contributed by atoms with Crippen molar-refractivity contribution in [1.29, 1.82) is 0 Å². The normalized spacial score (nSPS) is 16.9. The van der Waals surface area contributed by atoms with Crippen LogP contribution in [0.1, 0.15) is 27.0 Å². The van der Waals surface area contributed by atoms with Gasteiger partial charge in [0.2, 0.25) is 5.72 Å². The van der Waals surface area contributed by atoms with E-state index in [0.29, 0.717) is 11.3 Å². The van der Waals surface area contributed by atoms with E-state index in [4.69, 9.17) is 16.3 Å². The van der Waals surface area contributed by atoms with Crippen LogP contribution in [-0.2, 0) is 12.3 Å². The molecule has 1 unspecified atom stereocenters. The number of nitro groups is 1. The van der Waals surface area contributed by atoms with Gasteiger partial charge in [-0.1, -0.05) is 23.7 Å². The Morgan fingerprint density at radius 1 is 1.14 bits per heavy atom. The van der Waals surface area contributed by atoms with Gasteiger partial charge in [-0.25, -0.2) is 4.39 Å². The largest absolute Gasteiger partial charge is 0.497 e. The van der Waals surface area contributed by atoms with Gasteiger partial charge >= 0.3 is 0 Å². The molecule has 1 aliphatic heterocycles. The number of halogens is 2. The van der Waals surface area contributed by atoms with Crippen molar-refractivity contribution in [3.05, 3.63) is 114 Å². The lowest BCUT2D eigenvalue weighted by Gasteiger charge is -2.35. The van der Waals surface area contributed by atoms with Gasteiger partial charge in [0, 0.05) is 34.8 Å². The van der Waals surface area contributed by atoms with Crippen LogP contribution in [0.25, 0.3) is 10.8 Å². The molecular weight excluding hydrogens is 493 g/mol. The van der Waals surface area contributed by atoms with Gasteiger partial charge in [-0.3, -0.25) is 24.6 Å². The van der Waals surface area contributed by atoms with Gasteiger partial charge in [-0.05, 0) is 42.0 Å². The van der Waals surface area contributed by atoms with Crippen LogP contribution in [0, 0.1) is 15.9 Å². The summed E-state index contributed by atoms with van der Waals surface area (Å²) in [5, 5.41) is 24.3. The Bertz CT molecular complexity index is 1620. The maximum absolute atomic E-state index is 14.4. The van der Waals surface area contributed by atoms with E-state index in [2.05, 4.69) is 4.98 Å². The van der Waals surface area contributed by atoms with E-state index in [1.807, 2.05) is 0 Å². The number of carbonyl (C=O) groups excluding carboxylic acids is 1. The van der Waals surface area contributed by atoms with Crippen molar-refractivity contribution in [3.8, 4) is 5.75 Å². The molecule has 9 nitrogen and oxygen atoms in total. The molecule has 11 heteroatoms. The minimum Gasteiger partial charge on any atom is -0.497 e. The molecule has 1 aromatic heterocycles. The maximum atomic E-state index is 14.4. The second-order valence-corrected chi connectivity index (χ2v) is 8.61. The van der Waals surface area contributed by atoms with Gasteiger partial charge in [0.1, 0.15) is 17.1 Å². The van der Waals surface area contributed by atoms with Crippen molar-refractivity contribution in [1.82, 2.24) is 9.88 Å². The van der Waals surface area contributed by atoms with Crippen LogP contribution in [0.4, 0.5) is 10.1 Å².